The molecule has 1 fully saturated rings. The van der Waals surface area contributed by atoms with Gasteiger partial charge in [0.05, 0.1) is 6.42 Å². The van der Waals surface area contributed by atoms with Gasteiger partial charge in [-0.25, -0.2) is 0 Å². The first-order valence-electron chi connectivity index (χ1n) is 8.45. The lowest BCUT2D eigenvalue weighted by molar-refractivity contribution is -0.120. The summed E-state index contributed by atoms with van der Waals surface area (Å²) < 4.78 is 0. The third-order valence-electron chi connectivity index (χ3n) is 4.56. The van der Waals surface area contributed by atoms with Crippen LogP contribution in [-0.2, 0) is 17.8 Å². The summed E-state index contributed by atoms with van der Waals surface area (Å²) in [5.41, 5.74) is 0.891. The normalized spacial score (nSPS) is 16.2. The van der Waals surface area contributed by atoms with Crippen molar-refractivity contribution in [3.8, 4) is 0 Å². The van der Waals surface area contributed by atoms with Crippen molar-refractivity contribution in [2.75, 3.05) is 19.6 Å². The number of nitrogens with one attached hydrogen (secondary N) is 1. The maximum absolute atomic E-state index is 12.1. The fraction of sp³-hybridized carbons (Fsp3) is 0.421. The highest BCUT2D eigenvalue weighted by atomic mass is 35.5. The van der Waals surface area contributed by atoms with E-state index in [-0.39, 0.29) is 5.91 Å². The van der Waals surface area contributed by atoms with Crippen molar-refractivity contribution in [1.29, 1.82) is 0 Å². The Bertz CT molecular complexity index is 651. The van der Waals surface area contributed by atoms with Crippen molar-refractivity contribution < 1.29 is 4.79 Å². The van der Waals surface area contributed by atoms with E-state index in [0.29, 0.717) is 17.4 Å². The third-order valence-corrected chi connectivity index (χ3v) is 5.79. The molecule has 1 amide bonds. The van der Waals surface area contributed by atoms with Gasteiger partial charge in [-0.05, 0) is 54.9 Å². The molecule has 2 aromatic rings. The first-order valence-corrected chi connectivity index (χ1v) is 9.71. The fourth-order valence-corrected chi connectivity index (χ4v) is 4.06. The zero-order chi connectivity index (χ0) is 16.8. The van der Waals surface area contributed by atoms with Gasteiger partial charge in [-0.2, -0.15) is 0 Å². The number of amides is 1. The molecule has 0 saturated carbocycles. The molecule has 5 heteroatoms. The van der Waals surface area contributed by atoms with Gasteiger partial charge >= 0.3 is 0 Å². The Hall–Kier alpha value is -1.36. The molecule has 1 saturated heterocycles. The second kappa shape index (κ2) is 8.65. The Morgan fingerprint density at radius 3 is 2.71 bits per heavy atom. The number of thiophene rings is 1. The highest BCUT2D eigenvalue weighted by molar-refractivity contribution is 7.09. The number of carbonyl (C=O) groups excluding carboxylic acids is 1. The third kappa shape index (κ3) is 5.07. The maximum atomic E-state index is 12.1. The van der Waals surface area contributed by atoms with E-state index in [0.717, 1.165) is 44.6 Å². The second-order valence-electron chi connectivity index (χ2n) is 6.37. The number of rotatable bonds is 6. The molecule has 1 aliphatic rings. The molecule has 0 spiro atoms. The van der Waals surface area contributed by atoms with Crippen LogP contribution in [0.2, 0.25) is 5.02 Å². The topological polar surface area (TPSA) is 32.3 Å². The summed E-state index contributed by atoms with van der Waals surface area (Å²) in [5.74, 6) is 0.642. The van der Waals surface area contributed by atoms with Gasteiger partial charge < -0.3 is 5.32 Å². The van der Waals surface area contributed by atoms with Crippen molar-refractivity contribution in [3.63, 3.8) is 0 Å². The molecule has 1 N–H and O–H groups in total. The van der Waals surface area contributed by atoms with Crippen LogP contribution >= 0.6 is 22.9 Å². The van der Waals surface area contributed by atoms with Crippen molar-refractivity contribution in [2.45, 2.75) is 25.8 Å². The van der Waals surface area contributed by atoms with Crippen LogP contribution in [0, 0.1) is 5.92 Å². The van der Waals surface area contributed by atoms with Gasteiger partial charge in [-0.1, -0.05) is 35.9 Å². The summed E-state index contributed by atoms with van der Waals surface area (Å²) in [6, 6.07) is 11.8. The van der Waals surface area contributed by atoms with Crippen LogP contribution < -0.4 is 5.32 Å². The highest BCUT2D eigenvalue weighted by Gasteiger charge is 2.20. The average Bonchev–Trinajstić information content (AvgIpc) is 3.09. The van der Waals surface area contributed by atoms with Crippen LogP contribution in [0.4, 0.5) is 0 Å². The molecule has 128 valence electrons. The largest absolute Gasteiger partial charge is 0.356 e. The predicted molar refractivity (Wildman–Crippen MR) is 100 cm³/mol. The van der Waals surface area contributed by atoms with Crippen LogP contribution in [0.5, 0.6) is 0 Å². The molecule has 1 aromatic carbocycles. The Balaban J connectivity index is 1.37. The average molecular weight is 363 g/mol. The molecular weight excluding hydrogens is 340 g/mol. The molecule has 0 unspecified atom stereocenters. The van der Waals surface area contributed by atoms with E-state index >= 15 is 0 Å². The van der Waals surface area contributed by atoms with Crippen molar-refractivity contribution in [3.05, 3.63) is 57.2 Å². The molecule has 2 heterocycles. The lowest BCUT2D eigenvalue weighted by Gasteiger charge is -2.31. The summed E-state index contributed by atoms with van der Waals surface area (Å²) in [6.07, 6.45) is 2.66. The van der Waals surface area contributed by atoms with Gasteiger partial charge in [-0.15, -0.1) is 11.3 Å². The van der Waals surface area contributed by atoms with Crippen molar-refractivity contribution in [1.82, 2.24) is 10.2 Å². The molecule has 24 heavy (non-hydrogen) atoms. The number of likely N-dealkylation sites (tertiary alicyclic amines) is 1. The van der Waals surface area contributed by atoms with Crippen molar-refractivity contribution >= 4 is 28.8 Å². The van der Waals surface area contributed by atoms with Crippen LogP contribution in [0.15, 0.2) is 41.8 Å². The minimum absolute atomic E-state index is 0.0594. The molecule has 0 radical (unpaired) electrons. The molecule has 0 aliphatic carbocycles. The SMILES string of the molecule is O=C(Cc1ccccc1Cl)NCC1CCN(Cc2cccs2)CC1. The van der Waals surface area contributed by atoms with Gasteiger partial charge in [0.15, 0.2) is 0 Å². The van der Waals surface area contributed by atoms with E-state index in [4.69, 9.17) is 11.6 Å². The zero-order valence-corrected chi connectivity index (χ0v) is 15.3. The molecule has 0 atom stereocenters. The molecule has 3 nitrogen and oxygen atoms in total. The summed E-state index contributed by atoms with van der Waals surface area (Å²) in [5, 5.41) is 5.87. The monoisotopic (exact) mass is 362 g/mol. The van der Waals surface area contributed by atoms with E-state index in [9.17, 15) is 4.79 Å². The van der Waals surface area contributed by atoms with E-state index in [2.05, 4.69) is 27.7 Å². The van der Waals surface area contributed by atoms with E-state index in [1.807, 2.05) is 35.6 Å². The number of benzene rings is 1. The van der Waals surface area contributed by atoms with Gasteiger partial charge in [0.25, 0.3) is 0 Å². The Labute approximate surface area is 152 Å². The summed E-state index contributed by atoms with van der Waals surface area (Å²) in [6.45, 7) is 4.06. The predicted octanol–water partition coefficient (Wildman–Crippen LogP) is 3.97. The zero-order valence-electron chi connectivity index (χ0n) is 13.7. The Morgan fingerprint density at radius 2 is 2.00 bits per heavy atom. The smallest absolute Gasteiger partial charge is 0.224 e. The van der Waals surface area contributed by atoms with Gasteiger partial charge in [0, 0.05) is 23.0 Å². The number of halogens is 1. The second-order valence-corrected chi connectivity index (χ2v) is 7.81. The Morgan fingerprint density at radius 1 is 1.21 bits per heavy atom. The minimum Gasteiger partial charge on any atom is -0.356 e. The van der Waals surface area contributed by atoms with Crippen LogP contribution in [0.25, 0.3) is 0 Å². The first-order chi connectivity index (χ1) is 11.7. The number of nitrogens with zero attached hydrogens (tertiary/aromatic N) is 1. The molecule has 1 aliphatic heterocycles. The molecule has 3 rings (SSSR count). The lowest BCUT2D eigenvalue weighted by atomic mass is 9.96. The standard InChI is InChI=1S/C19H23ClN2OS/c20-18-6-2-1-4-16(18)12-19(23)21-13-15-7-9-22(10-8-15)14-17-5-3-11-24-17/h1-6,11,15H,7-10,12-14H2,(H,21,23). The van der Waals surface area contributed by atoms with E-state index in [1.54, 1.807) is 0 Å². The maximum Gasteiger partial charge on any atom is 0.224 e. The Kier molecular flexibility index (Phi) is 6.30. The number of piperidine rings is 1. The highest BCUT2D eigenvalue weighted by Crippen LogP contribution is 2.20. The van der Waals surface area contributed by atoms with E-state index < -0.39 is 0 Å². The minimum atomic E-state index is 0.0594. The van der Waals surface area contributed by atoms with Gasteiger partial charge in [0.1, 0.15) is 0 Å². The van der Waals surface area contributed by atoms with E-state index in [1.165, 1.54) is 4.88 Å². The number of hydrogen-bond acceptors (Lipinski definition) is 3. The van der Waals surface area contributed by atoms with Crippen LogP contribution in [0.3, 0.4) is 0 Å². The number of carbonyl (C=O) groups is 1. The van der Waals surface area contributed by atoms with Gasteiger partial charge in [0.2, 0.25) is 5.91 Å². The first kappa shape index (κ1) is 17.5. The molecular formula is C19H23ClN2OS. The quantitative estimate of drug-likeness (QED) is 0.843. The van der Waals surface area contributed by atoms with Crippen LogP contribution in [0.1, 0.15) is 23.3 Å². The van der Waals surface area contributed by atoms with Crippen LogP contribution in [-0.4, -0.2) is 30.4 Å². The summed E-state index contributed by atoms with van der Waals surface area (Å²) >= 11 is 7.93. The summed E-state index contributed by atoms with van der Waals surface area (Å²) in [4.78, 5) is 16.0. The number of hydrogen-bond donors (Lipinski definition) is 1. The molecule has 1 aromatic heterocycles. The van der Waals surface area contributed by atoms with Gasteiger partial charge in [-0.3, -0.25) is 9.69 Å². The van der Waals surface area contributed by atoms with Crippen molar-refractivity contribution in [2.24, 2.45) is 5.92 Å². The molecule has 0 bridgehead atoms. The summed E-state index contributed by atoms with van der Waals surface area (Å²) in [7, 11) is 0. The fourth-order valence-electron chi connectivity index (χ4n) is 3.11. The lowest BCUT2D eigenvalue weighted by Crippen LogP contribution is -2.38.